The van der Waals surface area contributed by atoms with E-state index in [0.717, 1.165) is 30.4 Å². The second kappa shape index (κ2) is 15.4. The highest BCUT2D eigenvalue weighted by molar-refractivity contribution is 5.98. The third kappa shape index (κ3) is 8.63. The Kier molecular flexibility index (Phi) is 11.2. The quantitative estimate of drug-likeness (QED) is 0.101. The number of unbranched alkanes of at least 4 members (excludes halogenated alkanes) is 1. The van der Waals surface area contributed by atoms with E-state index in [1.54, 1.807) is 42.5 Å². The Bertz CT molecular complexity index is 1680. The molecule has 0 atom stereocenters. The number of ether oxygens (including phenoxy) is 3. The number of carbonyl (C=O) groups excluding carboxylic acids is 3. The van der Waals surface area contributed by atoms with Crippen molar-refractivity contribution < 1.29 is 38.8 Å². The zero-order valence-corrected chi connectivity index (χ0v) is 25.0. The fourth-order valence-corrected chi connectivity index (χ4v) is 4.28. The molecule has 8 nitrogen and oxygen atoms in total. The van der Waals surface area contributed by atoms with Crippen molar-refractivity contribution in [2.75, 3.05) is 13.2 Å². The van der Waals surface area contributed by atoms with E-state index < -0.39 is 31.1 Å². The number of hydrogen-bond donors (Lipinski definition) is 2. The number of aliphatic hydroxyl groups excluding tert-OH is 2. The molecule has 0 saturated carbocycles. The molecule has 0 unspecified atom stereocenters. The lowest BCUT2D eigenvalue weighted by atomic mass is 10.0. The van der Waals surface area contributed by atoms with Crippen LogP contribution in [0, 0.1) is 0 Å². The standard InChI is InChI=1S/C37H34O8/c1-4-5-6-26-7-9-27(10-8-26)28-11-16-32(17-12-28)44-37(42)33-21-30(15-20-34(33)45-36(41)25(3)23-39)29-13-18-31(19-14-29)43-35(40)24(2)22-38/h7-21,38-39H,2-6,22-23H2,1H3. The number of hydrogen-bond acceptors (Lipinski definition) is 8. The smallest absolute Gasteiger partial charge is 0.347 e. The van der Waals surface area contributed by atoms with E-state index in [1.807, 2.05) is 12.1 Å². The van der Waals surface area contributed by atoms with Crippen LogP contribution in [-0.4, -0.2) is 41.3 Å². The number of aryl methyl sites for hydroxylation is 1. The monoisotopic (exact) mass is 606 g/mol. The predicted octanol–water partition coefficient (Wildman–Crippen LogP) is 6.49. The van der Waals surface area contributed by atoms with Gasteiger partial charge in [-0.05, 0) is 77.1 Å². The Morgan fingerprint density at radius 3 is 1.62 bits per heavy atom. The number of aliphatic hydroxyl groups is 2. The largest absolute Gasteiger partial charge is 0.423 e. The molecular formula is C37H34O8. The summed E-state index contributed by atoms with van der Waals surface area (Å²) in [4.78, 5) is 37.7. The Morgan fingerprint density at radius 1 is 0.622 bits per heavy atom. The van der Waals surface area contributed by atoms with Crippen molar-refractivity contribution in [2.24, 2.45) is 0 Å². The van der Waals surface area contributed by atoms with Crippen LogP contribution in [0.4, 0.5) is 0 Å². The zero-order valence-electron chi connectivity index (χ0n) is 25.0. The molecular weight excluding hydrogens is 572 g/mol. The molecule has 0 saturated heterocycles. The van der Waals surface area contributed by atoms with Crippen LogP contribution >= 0.6 is 0 Å². The average molecular weight is 607 g/mol. The number of benzene rings is 4. The highest BCUT2D eigenvalue weighted by atomic mass is 16.6. The molecule has 0 aliphatic heterocycles. The second-order valence-electron chi connectivity index (χ2n) is 10.3. The van der Waals surface area contributed by atoms with Crippen molar-refractivity contribution >= 4 is 17.9 Å². The minimum atomic E-state index is -0.889. The summed E-state index contributed by atoms with van der Waals surface area (Å²) in [7, 11) is 0. The van der Waals surface area contributed by atoms with Gasteiger partial charge < -0.3 is 24.4 Å². The summed E-state index contributed by atoms with van der Waals surface area (Å²) >= 11 is 0. The minimum absolute atomic E-state index is 0.0342. The van der Waals surface area contributed by atoms with Gasteiger partial charge in [0.2, 0.25) is 0 Å². The highest BCUT2D eigenvalue weighted by Gasteiger charge is 2.20. The van der Waals surface area contributed by atoms with Crippen molar-refractivity contribution in [3.05, 3.63) is 126 Å². The third-order valence-corrected chi connectivity index (χ3v) is 6.93. The van der Waals surface area contributed by atoms with Crippen LogP contribution in [0.25, 0.3) is 22.3 Å². The van der Waals surface area contributed by atoms with Crippen LogP contribution in [0.3, 0.4) is 0 Å². The molecule has 0 aromatic heterocycles. The summed E-state index contributed by atoms with van der Waals surface area (Å²) in [5, 5.41) is 18.3. The van der Waals surface area contributed by atoms with Crippen molar-refractivity contribution in [1.82, 2.24) is 0 Å². The van der Waals surface area contributed by atoms with Gasteiger partial charge in [-0.1, -0.05) is 81.1 Å². The minimum Gasteiger partial charge on any atom is -0.423 e. The second-order valence-corrected chi connectivity index (χ2v) is 10.3. The van der Waals surface area contributed by atoms with E-state index in [0.29, 0.717) is 16.9 Å². The summed E-state index contributed by atoms with van der Waals surface area (Å²) in [6.45, 7) is 7.96. The molecule has 4 aromatic rings. The Labute approximate surface area is 261 Å². The normalized spacial score (nSPS) is 10.6. The fourth-order valence-electron chi connectivity index (χ4n) is 4.28. The van der Waals surface area contributed by atoms with E-state index in [4.69, 9.17) is 19.3 Å². The number of carbonyl (C=O) groups is 3. The van der Waals surface area contributed by atoms with E-state index in [1.165, 1.54) is 17.7 Å². The molecule has 2 N–H and O–H groups in total. The molecule has 0 heterocycles. The van der Waals surface area contributed by atoms with Gasteiger partial charge in [0.05, 0.1) is 24.4 Å². The molecule has 0 aliphatic rings. The van der Waals surface area contributed by atoms with Crippen LogP contribution in [0.15, 0.2) is 115 Å². The molecule has 0 radical (unpaired) electrons. The Balaban J connectivity index is 1.56. The SMILES string of the molecule is C=C(CO)C(=O)Oc1ccc(-c2ccc(OC(=O)C(=C)CO)c(C(=O)Oc3ccc(-c4ccc(CCCC)cc4)cc3)c2)cc1. The molecule has 4 aromatic carbocycles. The van der Waals surface area contributed by atoms with Crippen LogP contribution in [-0.2, 0) is 16.0 Å². The molecule has 0 fully saturated rings. The zero-order chi connectivity index (χ0) is 32.3. The first-order valence-electron chi connectivity index (χ1n) is 14.4. The van der Waals surface area contributed by atoms with Gasteiger partial charge in [0.1, 0.15) is 22.8 Å². The van der Waals surface area contributed by atoms with Gasteiger partial charge in [0, 0.05) is 0 Å². The average Bonchev–Trinajstić information content (AvgIpc) is 3.07. The first kappa shape index (κ1) is 32.6. The van der Waals surface area contributed by atoms with Gasteiger partial charge in [0.25, 0.3) is 0 Å². The summed E-state index contributed by atoms with van der Waals surface area (Å²) < 4.78 is 16.2. The summed E-state index contributed by atoms with van der Waals surface area (Å²) in [6.07, 6.45) is 3.33. The van der Waals surface area contributed by atoms with Gasteiger partial charge in [0.15, 0.2) is 0 Å². The van der Waals surface area contributed by atoms with Gasteiger partial charge in [-0.25, -0.2) is 14.4 Å². The molecule has 0 spiro atoms. The maximum Gasteiger partial charge on any atom is 0.347 e. The Hall–Kier alpha value is -5.31. The maximum atomic E-state index is 13.4. The van der Waals surface area contributed by atoms with E-state index in [-0.39, 0.29) is 28.2 Å². The highest BCUT2D eigenvalue weighted by Crippen LogP contribution is 2.30. The molecule has 0 aliphatic carbocycles. The van der Waals surface area contributed by atoms with Crippen molar-refractivity contribution in [1.29, 1.82) is 0 Å². The van der Waals surface area contributed by atoms with Crippen LogP contribution in [0.1, 0.15) is 35.7 Å². The summed E-state index contributed by atoms with van der Waals surface area (Å²) in [5.41, 5.74) is 4.24. The van der Waals surface area contributed by atoms with Gasteiger partial charge >= 0.3 is 17.9 Å². The first-order chi connectivity index (χ1) is 21.7. The van der Waals surface area contributed by atoms with E-state index in [2.05, 4.69) is 44.3 Å². The lowest BCUT2D eigenvalue weighted by Gasteiger charge is -2.13. The summed E-state index contributed by atoms with van der Waals surface area (Å²) in [6, 6.07) is 26.5. The molecule has 4 rings (SSSR count). The van der Waals surface area contributed by atoms with Crippen molar-refractivity contribution in [3.63, 3.8) is 0 Å². The molecule has 0 bridgehead atoms. The predicted molar refractivity (Wildman–Crippen MR) is 171 cm³/mol. The van der Waals surface area contributed by atoms with Crippen LogP contribution < -0.4 is 14.2 Å². The first-order valence-corrected chi connectivity index (χ1v) is 14.4. The van der Waals surface area contributed by atoms with Crippen molar-refractivity contribution in [2.45, 2.75) is 26.2 Å². The Morgan fingerprint density at radius 2 is 1.09 bits per heavy atom. The van der Waals surface area contributed by atoms with Gasteiger partial charge in [-0.2, -0.15) is 0 Å². The molecule has 8 heteroatoms. The summed E-state index contributed by atoms with van der Waals surface area (Å²) in [5.74, 6) is -1.95. The van der Waals surface area contributed by atoms with Crippen molar-refractivity contribution in [3.8, 4) is 39.5 Å². The molecule has 0 amide bonds. The van der Waals surface area contributed by atoms with E-state index in [9.17, 15) is 19.5 Å². The van der Waals surface area contributed by atoms with Crippen LogP contribution in [0.2, 0.25) is 0 Å². The lowest BCUT2D eigenvalue weighted by molar-refractivity contribution is -0.131. The molecule has 45 heavy (non-hydrogen) atoms. The van der Waals surface area contributed by atoms with Gasteiger partial charge in [-0.3, -0.25) is 0 Å². The number of esters is 3. The fraction of sp³-hybridized carbons (Fsp3) is 0.162. The third-order valence-electron chi connectivity index (χ3n) is 6.93. The van der Waals surface area contributed by atoms with Crippen LogP contribution in [0.5, 0.6) is 17.2 Å². The maximum absolute atomic E-state index is 13.4. The van der Waals surface area contributed by atoms with Gasteiger partial charge in [-0.15, -0.1) is 0 Å². The topological polar surface area (TPSA) is 119 Å². The number of rotatable bonds is 13. The lowest BCUT2D eigenvalue weighted by Crippen LogP contribution is -2.17. The molecule has 230 valence electrons. The van der Waals surface area contributed by atoms with E-state index >= 15 is 0 Å².